The van der Waals surface area contributed by atoms with E-state index in [9.17, 15) is 0 Å². The molecule has 1 aliphatic rings. The molecular formula is C24H31N5O2. The van der Waals surface area contributed by atoms with Gasteiger partial charge in [-0.15, -0.1) is 5.10 Å². The van der Waals surface area contributed by atoms with Crippen molar-refractivity contribution < 1.29 is 9.47 Å². The zero-order chi connectivity index (χ0) is 21.6. The molecule has 1 aromatic heterocycles. The normalized spacial score (nSPS) is 16.2. The Bertz CT molecular complexity index is 967. The monoisotopic (exact) mass is 421 g/mol. The van der Waals surface area contributed by atoms with Crippen LogP contribution in [-0.2, 0) is 13.0 Å². The molecule has 0 radical (unpaired) electrons. The van der Waals surface area contributed by atoms with Crippen molar-refractivity contribution in [3.63, 3.8) is 0 Å². The van der Waals surface area contributed by atoms with Crippen LogP contribution in [0.1, 0.15) is 42.8 Å². The quantitative estimate of drug-likeness (QED) is 0.552. The average molecular weight is 422 g/mol. The van der Waals surface area contributed by atoms with Gasteiger partial charge in [-0.25, -0.2) is 4.68 Å². The highest BCUT2D eigenvalue weighted by Crippen LogP contribution is 2.38. The van der Waals surface area contributed by atoms with Crippen LogP contribution in [0, 0.1) is 5.92 Å². The number of ether oxygens (including phenoxy) is 2. The highest BCUT2D eigenvalue weighted by atomic mass is 16.5. The molecular weight excluding hydrogens is 390 g/mol. The molecule has 0 unspecified atom stereocenters. The van der Waals surface area contributed by atoms with Crippen molar-refractivity contribution in [1.29, 1.82) is 0 Å². The van der Waals surface area contributed by atoms with Gasteiger partial charge in [0.1, 0.15) is 17.5 Å². The van der Waals surface area contributed by atoms with E-state index in [1.165, 1.54) is 5.56 Å². The van der Waals surface area contributed by atoms with Gasteiger partial charge in [0.15, 0.2) is 5.82 Å². The third-order valence-electron chi connectivity index (χ3n) is 6.17. The van der Waals surface area contributed by atoms with Crippen molar-refractivity contribution in [2.75, 3.05) is 27.3 Å². The summed E-state index contributed by atoms with van der Waals surface area (Å²) in [7, 11) is 3.39. The maximum absolute atomic E-state index is 5.74. The lowest BCUT2D eigenvalue weighted by atomic mass is 9.95. The molecule has 0 amide bonds. The third kappa shape index (κ3) is 4.88. The predicted octanol–water partition coefficient (Wildman–Crippen LogP) is 3.75. The largest absolute Gasteiger partial charge is 0.497 e. The lowest BCUT2D eigenvalue weighted by Gasteiger charge is -2.36. The Morgan fingerprint density at radius 2 is 1.81 bits per heavy atom. The molecule has 1 atom stereocenters. The van der Waals surface area contributed by atoms with Crippen LogP contribution in [0.2, 0.25) is 0 Å². The molecule has 4 rings (SSSR count). The lowest BCUT2D eigenvalue weighted by Crippen LogP contribution is -2.38. The number of nitrogens with zero attached hydrogens (tertiary/aromatic N) is 5. The summed E-state index contributed by atoms with van der Waals surface area (Å²) in [5, 5.41) is 12.9. The first kappa shape index (κ1) is 21.3. The first-order chi connectivity index (χ1) is 15.2. The van der Waals surface area contributed by atoms with Gasteiger partial charge in [0.05, 0.1) is 14.2 Å². The molecule has 31 heavy (non-hydrogen) atoms. The van der Waals surface area contributed by atoms with Crippen molar-refractivity contribution in [3.05, 3.63) is 65.5 Å². The van der Waals surface area contributed by atoms with Crippen molar-refractivity contribution >= 4 is 0 Å². The van der Waals surface area contributed by atoms with Gasteiger partial charge in [-0.2, -0.15) is 0 Å². The van der Waals surface area contributed by atoms with Crippen LogP contribution in [0.25, 0.3) is 0 Å². The van der Waals surface area contributed by atoms with Crippen LogP contribution >= 0.6 is 0 Å². The van der Waals surface area contributed by atoms with Crippen LogP contribution in [0.5, 0.6) is 11.5 Å². The van der Waals surface area contributed by atoms with Gasteiger partial charge in [-0.3, -0.25) is 4.90 Å². The van der Waals surface area contributed by atoms with Crippen LogP contribution in [0.3, 0.4) is 0 Å². The highest BCUT2D eigenvalue weighted by molar-refractivity contribution is 5.44. The standard InChI is InChI=1S/C24H31N5O2/c1-18-11-14-28(15-12-18)23(21-17-20(30-2)9-10-22(21)31-3)24-25-26-27-29(24)16-13-19-7-5-4-6-8-19/h4-10,17-18,23H,11-16H2,1-3H3/t23-/m1/s1. The Morgan fingerprint density at radius 1 is 1.03 bits per heavy atom. The Hall–Kier alpha value is -2.93. The Morgan fingerprint density at radius 3 is 2.52 bits per heavy atom. The summed E-state index contributed by atoms with van der Waals surface area (Å²) in [6.45, 7) is 5.04. The minimum atomic E-state index is -0.0941. The fraction of sp³-hybridized carbons (Fsp3) is 0.458. The van der Waals surface area contributed by atoms with Crippen molar-refractivity contribution in [2.45, 2.75) is 38.8 Å². The number of tetrazole rings is 1. The maximum atomic E-state index is 5.74. The number of benzene rings is 2. The number of hydrogen-bond acceptors (Lipinski definition) is 6. The average Bonchev–Trinajstić information content (AvgIpc) is 3.28. The molecule has 0 bridgehead atoms. The summed E-state index contributed by atoms with van der Waals surface area (Å²) in [5.41, 5.74) is 2.30. The highest BCUT2D eigenvalue weighted by Gasteiger charge is 2.32. The molecule has 164 valence electrons. The number of hydrogen-bond donors (Lipinski definition) is 0. The number of rotatable bonds is 8. The van der Waals surface area contributed by atoms with Crippen LogP contribution in [-0.4, -0.2) is 52.4 Å². The lowest BCUT2D eigenvalue weighted by molar-refractivity contribution is 0.147. The minimum Gasteiger partial charge on any atom is -0.497 e. The fourth-order valence-corrected chi connectivity index (χ4v) is 4.29. The summed E-state index contributed by atoms with van der Waals surface area (Å²) < 4.78 is 13.2. The minimum absolute atomic E-state index is 0.0941. The van der Waals surface area contributed by atoms with Crippen LogP contribution in [0.4, 0.5) is 0 Å². The van der Waals surface area contributed by atoms with E-state index in [4.69, 9.17) is 9.47 Å². The van der Waals surface area contributed by atoms with Crippen molar-refractivity contribution in [1.82, 2.24) is 25.1 Å². The molecule has 1 saturated heterocycles. The topological polar surface area (TPSA) is 65.3 Å². The van der Waals surface area contributed by atoms with Crippen molar-refractivity contribution in [3.8, 4) is 11.5 Å². The van der Waals surface area contributed by atoms with Gasteiger partial charge < -0.3 is 9.47 Å². The zero-order valence-corrected chi connectivity index (χ0v) is 18.6. The molecule has 0 N–H and O–H groups in total. The predicted molar refractivity (Wildman–Crippen MR) is 119 cm³/mol. The maximum Gasteiger partial charge on any atom is 0.173 e. The summed E-state index contributed by atoms with van der Waals surface area (Å²) in [6, 6.07) is 16.3. The van der Waals surface area contributed by atoms with Gasteiger partial charge in [0.25, 0.3) is 0 Å². The second-order valence-electron chi connectivity index (χ2n) is 8.22. The van der Waals surface area contributed by atoms with E-state index >= 15 is 0 Å². The summed E-state index contributed by atoms with van der Waals surface area (Å²) in [4.78, 5) is 2.47. The number of piperidine rings is 1. The second kappa shape index (κ2) is 9.92. The van der Waals surface area contributed by atoms with Crippen molar-refractivity contribution in [2.24, 2.45) is 5.92 Å². The molecule has 0 saturated carbocycles. The van der Waals surface area contributed by atoms with Gasteiger partial charge in [0, 0.05) is 12.1 Å². The Balaban J connectivity index is 1.70. The molecule has 0 spiro atoms. The molecule has 7 nitrogen and oxygen atoms in total. The molecule has 2 aromatic carbocycles. The molecule has 3 aromatic rings. The number of aryl methyl sites for hydroxylation is 2. The molecule has 7 heteroatoms. The number of methoxy groups -OCH3 is 2. The van der Waals surface area contributed by atoms with E-state index in [1.54, 1.807) is 14.2 Å². The number of aromatic nitrogens is 4. The Kier molecular flexibility index (Phi) is 6.82. The van der Waals surface area contributed by atoms with Crippen LogP contribution in [0.15, 0.2) is 48.5 Å². The SMILES string of the molecule is COc1ccc(OC)c([C@H](c2nnnn2CCc2ccccc2)N2CCC(C)CC2)c1. The van der Waals surface area contributed by atoms with E-state index in [-0.39, 0.29) is 6.04 Å². The first-order valence-electron chi connectivity index (χ1n) is 11.0. The zero-order valence-electron chi connectivity index (χ0n) is 18.6. The van der Waals surface area contributed by atoms with E-state index in [0.29, 0.717) is 0 Å². The second-order valence-corrected chi connectivity index (χ2v) is 8.22. The van der Waals surface area contributed by atoms with E-state index in [2.05, 4.69) is 57.7 Å². The fourth-order valence-electron chi connectivity index (χ4n) is 4.29. The molecule has 1 aliphatic heterocycles. The molecule has 1 fully saturated rings. The first-order valence-corrected chi connectivity index (χ1v) is 11.0. The molecule has 2 heterocycles. The van der Waals surface area contributed by atoms with Gasteiger partial charge in [0.2, 0.25) is 0 Å². The smallest absolute Gasteiger partial charge is 0.173 e. The molecule has 0 aliphatic carbocycles. The Labute approximate surface area is 184 Å². The van der Waals surface area contributed by atoms with E-state index < -0.39 is 0 Å². The van der Waals surface area contributed by atoms with Crippen LogP contribution < -0.4 is 9.47 Å². The summed E-state index contributed by atoms with van der Waals surface area (Å²) >= 11 is 0. The summed E-state index contributed by atoms with van der Waals surface area (Å²) in [5.74, 6) is 3.20. The number of likely N-dealkylation sites (tertiary alicyclic amines) is 1. The van der Waals surface area contributed by atoms with E-state index in [0.717, 1.165) is 67.7 Å². The van der Waals surface area contributed by atoms with Gasteiger partial charge in [-0.05, 0) is 72.5 Å². The third-order valence-corrected chi connectivity index (χ3v) is 6.17. The summed E-state index contributed by atoms with van der Waals surface area (Å²) in [6.07, 6.45) is 3.20. The van der Waals surface area contributed by atoms with Gasteiger partial charge in [-0.1, -0.05) is 37.3 Å². The van der Waals surface area contributed by atoms with Gasteiger partial charge >= 0.3 is 0 Å². The van der Waals surface area contributed by atoms with E-state index in [1.807, 2.05) is 22.9 Å².